The first-order valence-electron chi connectivity index (χ1n) is 13.0. The molecule has 1 fully saturated rings. The molecule has 2 heterocycles. The largest absolute Gasteiger partial charge is 0.449 e. The van der Waals surface area contributed by atoms with Crippen molar-refractivity contribution in [3.63, 3.8) is 0 Å². The summed E-state index contributed by atoms with van der Waals surface area (Å²) in [5.41, 5.74) is 4.20. The maximum Gasteiger partial charge on any atom is 0.294 e. The van der Waals surface area contributed by atoms with E-state index in [-0.39, 0.29) is 23.5 Å². The van der Waals surface area contributed by atoms with E-state index in [0.29, 0.717) is 37.4 Å². The number of anilines is 1. The predicted molar refractivity (Wildman–Crippen MR) is 147 cm³/mol. The Kier molecular flexibility index (Phi) is 7.54. The van der Waals surface area contributed by atoms with Crippen LogP contribution in [0, 0.1) is 6.92 Å². The minimum absolute atomic E-state index is 0.166. The third-order valence-electron chi connectivity index (χ3n) is 6.79. The number of benzene rings is 3. The lowest BCUT2D eigenvalue weighted by molar-refractivity contribution is -0.127. The van der Waals surface area contributed by atoms with Gasteiger partial charge in [0, 0.05) is 31.6 Å². The highest BCUT2D eigenvalue weighted by Crippen LogP contribution is 2.36. The molecule has 0 aromatic heterocycles. The van der Waals surface area contributed by atoms with Gasteiger partial charge in [0.2, 0.25) is 5.91 Å². The molecule has 2 aliphatic heterocycles. The van der Waals surface area contributed by atoms with Crippen LogP contribution in [0.5, 0.6) is 5.75 Å². The second-order valence-corrected chi connectivity index (χ2v) is 9.67. The summed E-state index contributed by atoms with van der Waals surface area (Å²) in [4.78, 5) is 41.3. The number of likely N-dealkylation sites (tertiary alicyclic amines) is 1. The average Bonchev–Trinajstić information content (AvgIpc) is 3.33. The van der Waals surface area contributed by atoms with Gasteiger partial charge in [0.15, 0.2) is 11.5 Å². The lowest BCUT2D eigenvalue weighted by Crippen LogP contribution is -2.36. The summed E-state index contributed by atoms with van der Waals surface area (Å²) in [5.74, 6) is 0.662. The van der Waals surface area contributed by atoms with Gasteiger partial charge in [-0.3, -0.25) is 19.3 Å². The molecule has 5 rings (SSSR count). The van der Waals surface area contributed by atoms with Gasteiger partial charge in [-0.1, -0.05) is 54.1 Å². The number of para-hydroxylation sites is 2. The minimum atomic E-state index is -0.219. The topological polar surface area (TPSA) is 79.0 Å². The van der Waals surface area contributed by atoms with Crippen molar-refractivity contribution >= 4 is 29.5 Å². The third kappa shape index (κ3) is 5.78. The number of aryl methyl sites for hydroxylation is 1. The predicted octanol–water partition coefficient (Wildman–Crippen LogP) is 4.70. The summed E-state index contributed by atoms with van der Waals surface area (Å²) in [6.45, 7) is 4.45. The van der Waals surface area contributed by atoms with Gasteiger partial charge in [-0.15, -0.1) is 0 Å². The molecule has 7 heteroatoms. The number of amides is 3. The van der Waals surface area contributed by atoms with Crippen molar-refractivity contribution in [3.8, 4) is 5.75 Å². The molecule has 7 nitrogen and oxygen atoms in total. The van der Waals surface area contributed by atoms with Crippen LogP contribution in [-0.2, 0) is 16.1 Å². The molecule has 0 spiro atoms. The van der Waals surface area contributed by atoms with Crippen LogP contribution in [0.15, 0.2) is 78.6 Å². The number of rotatable bonds is 8. The van der Waals surface area contributed by atoms with Gasteiger partial charge in [-0.05, 0) is 61.2 Å². The number of hydrogen-bond acceptors (Lipinski definition) is 4. The Morgan fingerprint density at radius 2 is 1.84 bits per heavy atom. The smallest absolute Gasteiger partial charge is 0.294 e. The average molecular weight is 510 g/mol. The fourth-order valence-corrected chi connectivity index (χ4v) is 4.81. The highest BCUT2D eigenvalue weighted by atomic mass is 16.5. The third-order valence-corrected chi connectivity index (χ3v) is 6.79. The van der Waals surface area contributed by atoms with Gasteiger partial charge in [-0.25, -0.2) is 0 Å². The van der Waals surface area contributed by atoms with Gasteiger partial charge in [0.05, 0.1) is 12.2 Å². The molecule has 3 amide bonds. The van der Waals surface area contributed by atoms with Crippen molar-refractivity contribution in [1.29, 1.82) is 0 Å². The molecule has 1 N–H and O–H groups in total. The Balaban J connectivity index is 1.25. The van der Waals surface area contributed by atoms with Crippen LogP contribution in [0.3, 0.4) is 0 Å². The zero-order valence-electron chi connectivity index (χ0n) is 21.5. The van der Waals surface area contributed by atoms with Gasteiger partial charge in [0.1, 0.15) is 0 Å². The van der Waals surface area contributed by atoms with Crippen molar-refractivity contribution in [2.75, 3.05) is 24.5 Å². The number of ether oxygens (including phenoxy) is 1. The summed E-state index contributed by atoms with van der Waals surface area (Å²) in [6.07, 6.45) is 3.97. The Hall–Kier alpha value is -4.39. The Morgan fingerprint density at radius 1 is 1.03 bits per heavy atom. The normalized spacial score (nSPS) is 16.0. The summed E-state index contributed by atoms with van der Waals surface area (Å²) in [7, 11) is 0. The molecular weight excluding hydrogens is 478 g/mol. The van der Waals surface area contributed by atoms with E-state index in [1.54, 1.807) is 35.2 Å². The molecule has 38 heavy (non-hydrogen) atoms. The van der Waals surface area contributed by atoms with Crippen LogP contribution >= 0.6 is 0 Å². The lowest BCUT2D eigenvalue weighted by Gasteiger charge is -2.30. The highest BCUT2D eigenvalue weighted by molar-refractivity contribution is 6.09. The summed E-state index contributed by atoms with van der Waals surface area (Å²) in [5, 5.41) is 2.91. The molecule has 3 aromatic carbocycles. The first-order chi connectivity index (χ1) is 18.5. The van der Waals surface area contributed by atoms with E-state index in [2.05, 4.69) is 11.4 Å². The summed E-state index contributed by atoms with van der Waals surface area (Å²) < 4.78 is 6.00. The SMILES string of the molecule is Cc1cccc(CN2C(=O)/C(=C\c3ccc(C(=O)NCCCN4CCCC4=O)cc3)Oc3ccccc32)c1. The number of carbonyl (C=O) groups excluding carboxylic acids is 3. The van der Waals surface area contributed by atoms with E-state index >= 15 is 0 Å². The van der Waals surface area contributed by atoms with Gasteiger partial charge < -0.3 is 15.0 Å². The molecule has 0 aliphatic carbocycles. The van der Waals surface area contributed by atoms with Crippen molar-refractivity contribution in [2.45, 2.75) is 32.7 Å². The van der Waals surface area contributed by atoms with Crippen LogP contribution < -0.4 is 15.0 Å². The molecule has 0 bridgehead atoms. The molecule has 2 aliphatic rings. The monoisotopic (exact) mass is 509 g/mol. The standard InChI is InChI=1S/C31H31N3O4/c1-22-7-4-8-24(19-22)21-34-26-9-2-3-10-27(26)38-28(31(34)37)20-23-12-14-25(15-13-23)30(36)32-16-6-18-33-17-5-11-29(33)35/h2-4,7-10,12-15,19-20H,5-6,11,16-18,21H2,1H3,(H,32,36)/b28-20+. The first-order valence-corrected chi connectivity index (χ1v) is 13.0. The molecular formula is C31H31N3O4. The Morgan fingerprint density at radius 3 is 2.61 bits per heavy atom. The number of carbonyl (C=O) groups is 3. The van der Waals surface area contributed by atoms with Crippen LogP contribution in [0.2, 0.25) is 0 Å². The number of nitrogens with zero attached hydrogens (tertiary/aromatic N) is 2. The number of hydrogen-bond donors (Lipinski definition) is 1. The second kappa shape index (κ2) is 11.3. The summed E-state index contributed by atoms with van der Waals surface area (Å²) >= 11 is 0. The number of fused-ring (bicyclic) bond motifs is 1. The zero-order chi connectivity index (χ0) is 26.5. The maximum atomic E-state index is 13.5. The summed E-state index contributed by atoms with van der Waals surface area (Å²) in [6, 6.07) is 22.7. The lowest BCUT2D eigenvalue weighted by atomic mass is 10.1. The fourth-order valence-electron chi connectivity index (χ4n) is 4.81. The van der Waals surface area contributed by atoms with Crippen LogP contribution in [0.1, 0.15) is 46.3 Å². The van der Waals surface area contributed by atoms with Crippen LogP contribution in [0.4, 0.5) is 5.69 Å². The van der Waals surface area contributed by atoms with Gasteiger partial charge >= 0.3 is 0 Å². The Labute approximate surface area is 222 Å². The molecule has 3 aromatic rings. The molecule has 194 valence electrons. The van der Waals surface area contributed by atoms with Gasteiger partial charge in [-0.2, -0.15) is 0 Å². The van der Waals surface area contributed by atoms with Crippen molar-refractivity contribution in [2.24, 2.45) is 0 Å². The molecule has 0 atom stereocenters. The van der Waals surface area contributed by atoms with Crippen LogP contribution in [0.25, 0.3) is 6.08 Å². The van der Waals surface area contributed by atoms with E-state index in [0.717, 1.165) is 41.8 Å². The zero-order valence-corrected chi connectivity index (χ0v) is 21.5. The number of nitrogens with one attached hydrogen (secondary N) is 1. The van der Waals surface area contributed by atoms with Crippen LogP contribution in [-0.4, -0.2) is 42.3 Å². The van der Waals surface area contributed by atoms with E-state index in [4.69, 9.17) is 4.74 Å². The van der Waals surface area contributed by atoms with E-state index in [1.807, 2.05) is 54.3 Å². The fraction of sp³-hybridized carbons (Fsp3) is 0.258. The van der Waals surface area contributed by atoms with Crippen molar-refractivity contribution in [1.82, 2.24) is 10.2 Å². The molecule has 0 unspecified atom stereocenters. The molecule has 0 radical (unpaired) electrons. The van der Waals surface area contributed by atoms with Crippen molar-refractivity contribution < 1.29 is 19.1 Å². The maximum absolute atomic E-state index is 13.5. The molecule has 1 saturated heterocycles. The molecule has 0 saturated carbocycles. The first kappa shape index (κ1) is 25.3. The van der Waals surface area contributed by atoms with E-state index < -0.39 is 0 Å². The van der Waals surface area contributed by atoms with Gasteiger partial charge in [0.25, 0.3) is 11.8 Å². The van der Waals surface area contributed by atoms with E-state index in [1.165, 1.54) is 0 Å². The second-order valence-electron chi connectivity index (χ2n) is 9.67. The highest BCUT2D eigenvalue weighted by Gasteiger charge is 2.30. The van der Waals surface area contributed by atoms with Crippen molar-refractivity contribution in [3.05, 3.63) is 101 Å². The quantitative estimate of drug-likeness (QED) is 0.353. The van der Waals surface area contributed by atoms with E-state index in [9.17, 15) is 14.4 Å². The minimum Gasteiger partial charge on any atom is -0.449 e. The Bertz CT molecular complexity index is 1380.